The van der Waals surface area contributed by atoms with Crippen LogP contribution in [0.1, 0.15) is 44.2 Å². The van der Waals surface area contributed by atoms with Gasteiger partial charge in [-0.25, -0.2) is 0 Å². The second-order valence-electron chi connectivity index (χ2n) is 6.56. The summed E-state index contributed by atoms with van der Waals surface area (Å²) in [5, 5.41) is 18.5. The number of benzene rings is 1. The quantitative estimate of drug-likeness (QED) is 0.882. The molecule has 0 bridgehead atoms. The summed E-state index contributed by atoms with van der Waals surface area (Å²) in [5.41, 5.74) is 0.669. The maximum atomic E-state index is 10.6. The Balaban J connectivity index is 2.13. The summed E-state index contributed by atoms with van der Waals surface area (Å²) in [6, 6.07) is 7.48. The van der Waals surface area contributed by atoms with Gasteiger partial charge in [0.05, 0.1) is 19.8 Å². The van der Waals surface area contributed by atoms with Gasteiger partial charge in [-0.3, -0.25) is 4.90 Å². The zero-order valence-electron chi connectivity index (χ0n) is 14.4. The zero-order valence-corrected chi connectivity index (χ0v) is 14.4. The maximum Gasteiger partial charge on any atom is 0.230 e. The van der Waals surface area contributed by atoms with Crippen molar-refractivity contribution < 1.29 is 14.3 Å². The third kappa shape index (κ3) is 4.77. The molecule has 23 heavy (non-hydrogen) atoms. The first kappa shape index (κ1) is 17.4. The summed E-state index contributed by atoms with van der Waals surface area (Å²) in [6.45, 7) is 8.99. The van der Waals surface area contributed by atoms with Crippen molar-refractivity contribution in [3.63, 3.8) is 0 Å². The van der Waals surface area contributed by atoms with Gasteiger partial charge >= 0.3 is 0 Å². The zero-order chi connectivity index (χ0) is 17.0. The number of hydrogen-bond donors (Lipinski definition) is 1. The number of methoxy groups -OCH3 is 1. The molecule has 0 saturated heterocycles. The van der Waals surface area contributed by atoms with Gasteiger partial charge in [0.2, 0.25) is 11.8 Å². The van der Waals surface area contributed by atoms with E-state index >= 15 is 0 Å². The highest BCUT2D eigenvalue weighted by atomic mass is 16.5. The van der Waals surface area contributed by atoms with Gasteiger partial charge in [-0.2, -0.15) is 0 Å². The van der Waals surface area contributed by atoms with Crippen LogP contribution in [0.2, 0.25) is 0 Å². The van der Waals surface area contributed by atoms with Gasteiger partial charge in [0.1, 0.15) is 5.75 Å². The van der Waals surface area contributed by atoms with E-state index in [1.54, 1.807) is 14.0 Å². The SMILES string of the molecule is COc1cccc(C(O)CN(Cc2nnc(C)o2)C(C)(C)C)c1. The molecule has 6 heteroatoms. The van der Waals surface area contributed by atoms with Gasteiger partial charge in [0.25, 0.3) is 0 Å². The van der Waals surface area contributed by atoms with Crippen LogP contribution in [0.4, 0.5) is 0 Å². The van der Waals surface area contributed by atoms with Crippen LogP contribution in [-0.4, -0.2) is 39.4 Å². The minimum atomic E-state index is -0.631. The molecule has 2 rings (SSSR count). The standard InChI is InChI=1S/C17H25N3O3/c1-12-18-19-16(23-12)11-20(17(2,3)4)10-15(21)13-7-6-8-14(9-13)22-5/h6-9,15,21H,10-11H2,1-5H3. The lowest BCUT2D eigenvalue weighted by Gasteiger charge is -2.36. The molecule has 0 aliphatic carbocycles. The fourth-order valence-corrected chi connectivity index (χ4v) is 2.30. The Labute approximate surface area is 137 Å². The molecule has 0 radical (unpaired) electrons. The molecule has 126 valence electrons. The predicted octanol–water partition coefficient (Wildman–Crippen LogP) is 2.72. The number of hydrogen-bond acceptors (Lipinski definition) is 6. The number of rotatable bonds is 6. The molecule has 0 saturated carbocycles. The highest BCUT2D eigenvalue weighted by Crippen LogP contribution is 2.24. The van der Waals surface area contributed by atoms with Gasteiger partial charge in [-0.15, -0.1) is 10.2 Å². The number of ether oxygens (including phenoxy) is 1. The Morgan fingerprint density at radius 2 is 2.04 bits per heavy atom. The third-order valence-corrected chi connectivity index (χ3v) is 3.71. The summed E-state index contributed by atoms with van der Waals surface area (Å²) < 4.78 is 10.7. The lowest BCUT2D eigenvalue weighted by molar-refractivity contribution is 0.0459. The minimum absolute atomic E-state index is 0.151. The first-order valence-electron chi connectivity index (χ1n) is 7.65. The van der Waals surface area contributed by atoms with E-state index in [4.69, 9.17) is 9.15 Å². The van der Waals surface area contributed by atoms with Gasteiger partial charge in [0.15, 0.2) is 0 Å². The molecule has 0 amide bonds. The molecule has 0 aliphatic rings. The fourth-order valence-electron chi connectivity index (χ4n) is 2.30. The number of aliphatic hydroxyl groups is 1. The number of aliphatic hydroxyl groups excluding tert-OH is 1. The van der Waals surface area contributed by atoms with Gasteiger partial charge < -0.3 is 14.3 Å². The van der Waals surface area contributed by atoms with Crippen LogP contribution in [0.25, 0.3) is 0 Å². The van der Waals surface area contributed by atoms with E-state index in [0.717, 1.165) is 11.3 Å². The molecule has 1 aromatic carbocycles. The highest BCUT2D eigenvalue weighted by Gasteiger charge is 2.26. The van der Waals surface area contributed by atoms with Crippen molar-refractivity contribution in [1.82, 2.24) is 15.1 Å². The average molecular weight is 319 g/mol. The van der Waals surface area contributed by atoms with Gasteiger partial charge in [-0.05, 0) is 38.5 Å². The summed E-state index contributed by atoms with van der Waals surface area (Å²) in [7, 11) is 1.62. The van der Waals surface area contributed by atoms with E-state index in [-0.39, 0.29) is 5.54 Å². The Hall–Kier alpha value is -1.92. The number of β-amino-alcohol motifs (C(OH)–C–C–N with tert-alkyl or cyclic N) is 1. The Kier molecular flexibility index (Phi) is 5.38. The fraction of sp³-hybridized carbons (Fsp3) is 0.529. The van der Waals surface area contributed by atoms with Gasteiger partial charge in [-0.1, -0.05) is 12.1 Å². The monoisotopic (exact) mass is 319 g/mol. The second kappa shape index (κ2) is 7.10. The molecule has 1 unspecified atom stereocenters. The van der Waals surface area contributed by atoms with E-state index in [9.17, 15) is 5.11 Å². The lowest BCUT2D eigenvalue weighted by atomic mass is 10.0. The van der Waals surface area contributed by atoms with Crippen LogP contribution in [0.15, 0.2) is 28.7 Å². The Morgan fingerprint density at radius 1 is 1.30 bits per heavy atom. The predicted molar refractivity (Wildman–Crippen MR) is 87.2 cm³/mol. The van der Waals surface area contributed by atoms with Crippen molar-refractivity contribution in [2.45, 2.75) is 45.9 Å². The summed E-state index contributed by atoms with van der Waals surface area (Å²) in [4.78, 5) is 2.12. The van der Waals surface area contributed by atoms with Crippen molar-refractivity contribution in [2.75, 3.05) is 13.7 Å². The first-order valence-corrected chi connectivity index (χ1v) is 7.65. The van der Waals surface area contributed by atoms with Crippen LogP contribution in [-0.2, 0) is 6.54 Å². The molecule has 0 aliphatic heterocycles. The van der Waals surface area contributed by atoms with Crippen molar-refractivity contribution in [1.29, 1.82) is 0 Å². The topological polar surface area (TPSA) is 71.6 Å². The Morgan fingerprint density at radius 3 is 2.61 bits per heavy atom. The molecule has 1 aromatic heterocycles. The minimum Gasteiger partial charge on any atom is -0.497 e. The third-order valence-electron chi connectivity index (χ3n) is 3.71. The molecule has 2 aromatic rings. The number of aromatic nitrogens is 2. The van der Waals surface area contributed by atoms with E-state index in [2.05, 4.69) is 35.9 Å². The van der Waals surface area contributed by atoms with Crippen LogP contribution >= 0.6 is 0 Å². The van der Waals surface area contributed by atoms with Crippen molar-refractivity contribution in [2.24, 2.45) is 0 Å². The van der Waals surface area contributed by atoms with E-state index in [1.165, 1.54) is 0 Å². The van der Waals surface area contributed by atoms with Crippen LogP contribution in [0.3, 0.4) is 0 Å². The molecule has 0 fully saturated rings. The van der Waals surface area contributed by atoms with Crippen LogP contribution < -0.4 is 4.74 Å². The van der Waals surface area contributed by atoms with Crippen LogP contribution in [0, 0.1) is 6.92 Å². The number of nitrogens with zero attached hydrogens (tertiary/aromatic N) is 3. The van der Waals surface area contributed by atoms with Crippen molar-refractivity contribution in [3.8, 4) is 5.75 Å². The van der Waals surface area contributed by atoms with E-state index in [0.29, 0.717) is 24.9 Å². The highest BCUT2D eigenvalue weighted by molar-refractivity contribution is 5.30. The van der Waals surface area contributed by atoms with Crippen molar-refractivity contribution >= 4 is 0 Å². The molecule has 1 atom stereocenters. The van der Waals surface area contributed by atoms with E-state index in [1.807, 2.05) is 24.3 Å². The lowest BCUT2D eigenvalue weighted by Crippen LogP contribution is -2.43. The summed E-state index contributed by atoms with van der Waals surface area (Å²) in [5.74, 6) is 1.83. The molecular formula is C17H25N3O3. The van der Waals surface area contributed by atoms with Gasteiger partial charge in [0, 0.05) is 19.0 Å². The molecule has 1 N–H and O–H groups in total. The van der Waals surface area contributed by atoms with E-state index < -0.39 is 6.10 Å². The molecular weight excluding hydrogens is 294 g/mol. The normalized spacial score (nSPS) is 13.3. The second-order valence-corrected chi connectivity index (χ2v) is 6.56. The van der Waals surface area contributed by atoms with Crippen molar-refractivity contribution in [3.05, 3.63) is 41.6 Å². The summed E-state index contributed by atoms with van der Waals surface area (Å²) in [6.07, 6.45) is -0.631. The smallest absolute Gasteiger partial charge is 0.230 e. The maximum absolute atomic E-state index is 10.6. The first-order chi connectivity index (χ1) is 10.8. The largest absolute Gasteiger partial charge is 0.497 e. The Bertz CT molecular complexity index is 634. The average Bonchev–Trinajstić information content (AvgIpc) is 2.91. The molecule has 0 spiro atoms. The molecule has 6 nitrogen and oxygen atoms in total. The summed E-state index contributed by atoms with van der Waals surface area (Å²) >= 11 is 0. The van der Waals surface area contributed by atoms with Crippen LogP contribution in [0.5, 0.6) is 5.75 Å². The molecule has 1 heterocycles. The number of aryl methyl sites for hydroxylation is 1.